The highest BCUT2D eigenvalue weighted by molar-refractivity contribution is 5.79. The number of carbonyl (C=O) groups is 1. The van der Waals surface area contributed by atoms with Crippen molar-refractivity contribution >= 4 is 5.91 Å². The molecule has 2 saturated heterocycles. The third-order valence-electron chi connectivity index (χ3n) is 6.90. The molecule has 0 unspecified atom stereocenters. The molecule has 0 radical (unpaired) electrons. The van der Waals surface area contributed by atoms with Crippen molar-refractivity contribution in [2.45, 2.75) is 32.2 Å². The topological polar surface area (TPSA) is 44.8 Å². The first kappa shape index (κ1) is 22.8. The number of ether oxygens (including phenoxy) is 1. The van der Waals surface area contributed by atoms with Crippen molar-refractivity contribution in [2.24, 2.45) is 11.8 Å². The summed E-state index contributed by atoms with van der Waals surface area (Å²) in [6.07, 6.45) is 4.64. The number of likely N-dealkylation sites (tertiary alicyclic amines) is 2. The fourth-order valence-electron chi connectivity index (χ4n) is 5.25. The third kappa shape index (κ3) is 6.33. The molecular formula is C27H37N3O2. The van der Waals surface area contributed by atoms with Gasteiger partial charge in [0, 0.05) is 38.3 Å². The Morgan fingerprint density at radius 1 is 1.00 bits per heavy atom. The van der Waals surface area contributed by atoms with Gasteiger partial charge in [-0.1, -0.05) is 48.5 Å². The number of para-hydroxylation sites is 1. The lowest BCUT2D eigenvalue weighted by Crippen LogP contribution is -2.49. The summed E-state index contributed by atoms with van der Waals surface area (Å²) < 4.78 is 5.44. The van der Waals surface area contributed by atoms with Crippen LogP contribution in [0.4, 0.5) is 0 Å². The van der Waals surface area contributed by atoms with Crippen molar-refractivity contribution in [1.29, 1.82) is 0 Å². The molecule has 2 atom stereocenters. The average Bonchev–Trinajstić information content (AvgIpc) is 3.35. The maximum Gasteiger partial charge on any atom is 0.224 e. The number of benzene rings is 2. The molecule has 2 heterocycles. The summed E-state index contributed by atoms with van der Waals surface area (Å²) in [7, 11) is 1.68. The van der Waals surface area contributed by atoms with E-state index in [-0.39, 0.29) is 11.8 Å². The van der Waals surface area contributed by atoms with Gasteiger partial charge in [0.15, 0.2) is 0 Å². The molecular weight excluding hydrogens is 398 g/mol. The molecule has 5 heteroatoms. The van der Waals surface area contributed by atoms with Gasteiger partial charge in [-0.15, -0.1) is 0 Å². The summed E-state index contributed by atoms with van der Waals surface area (Å²) >= 11 is 0. The number of nitrogens with one attached hydrogen (secondary N) is 1. The van der Waals surface area contributed by atoms with Gasteiger partial charge >= 0.3 is 0 Å². The van der Waals surface area contributed by atoms with Crippen molar-refractivity contribution in [2.75, 3.05) is 46.4 Å². The molecule has 2 aliphatic heterocycles. The van der Waals surface area contributed by atoms with E-state index in [0.29, 0.717) is 12.5 Å². The van der Waals surface area contributed by atoms with E-state index < -0.39 is 0 Å². The first-order valence-electron chi connectivity index (χ1n) is 12.1. The van der Waals surface area contributed by atoms with Crippen molar-refractivity contribution in [3.63, 3.8) is 0 Å². The molecule has 0 saturated carbocycles. The van der Waals surface area contributed by atoms with E-state index >= 15 is 0 Å². The number of piperidine rings is 1. The second-order valence-corrected chi connectivity index (χ2v) is 9.33. The maximum atomic E-state index is 13.2. The third-order valence-corrected chi connectivity index (χ3v) is 6.90. The van der Waals surface area contributed by atoms with Crippen molar-refractivity contribution in [3.05, 3.63) is 65.7 Å². The zero-order chi connectivity index (χ0) is 22.2. The molecule has 172 valence electrons. The summed E-state index contributed by atoms with van der Waals surface area (Å²) in [6.45, 7) is 7.02. The maximum absolute atomic E-state index is 13.2. The van der Waals surface area contributed by atoms with Crippen LogP contribution in [-0.4, -0.2) is 62.1 Å². The number of rotatable bonds is 9. The fraction of sp³-hybridized carbons (Fsp3) is 0.519. The lowest BCUT2D eigenvalue weighted by molar-refractivity contribution is -0.127. The predicted octanol–water partition coefficient (Wildman–Crippen LogP) is 3.59. The van der Waals surface area contributed by atoms with Gasteiger partial charge in [0.1, 0.15) is 5.75 Å². The molecule has 1 amide bonds. The van der Waals surface area contributed by atoms with Crippen LogP contribution in [0.5, 0.6) is 5.75 Å². The van der Waals surface area contributed by atoms with Crippen LogP contribution in [0, 0.1) is 11.8 Å². The van der Waals surface area contributed by atoms with E-state index in [1.165, 1.54) is 31.5 Å². The minimum Gasteiger partial charge on any atom is -0.496 e. The molecule has 0 bridgehead atoms. The normalized spacial score (nSPS) is 22.0. The van der Waals surface area contributed by atoms with E-state index in [9.17, 15) is 4.79 Å². The van der Waals surface area contributed by atoms with Gasteiger partial charge in [0.05, 0.1) is 13.0 Å². The van der Waals surface area contributed by atoms with Crippen LogP contribution in [0.1, 0.15) is 30.4 Å². The van der Waals surface area contributed by atoms with Gasteiger partial charge in [-0.2, -0.15) is 0 Å². The van der Waals surface area contributed by atoms with Crippen molar-refractivity contribution < 1.29 is 9.53 Å². The average molecular weight is 436 g/mol. The summed E-state index contributed by atoms with van der Waals surface area (Å²) in [6, 6.07) is 18.6. The molecule has 2 aromatic carbocycles. The molecule has 4 rings (SSSR count). The van der Waals surface area contributed by atoms with Crippen LogP contribution in [0.15, 0.2) is 54.6 Å². The second-order valence-electron chi connectivity index (χ2n) is 9.33. The Bertz CT molecular complexity index is 851. The Morgan fingerprint density at radius 3 is 2.53 bits per heavy atom. The Kier molecular flexibility index (Phi) is 8.18. The van der Waals surface area contributed by atoms with E-state index in [0.717, 1.165) is 50.3 Å². The van der Waals surface area contributed by atoms with Gasteiger partial charge in [-0.05, 0) is 56.3 Å². The number of nitrogens with zero attached hydrogens (tertiary/aromatic N) is 2. The summed E-state index contributed by atoms with van der Waals surface area (Å²) in [5, 5.41) is 3.19. The number of hydrogen-bond donors (Lipinski definition) is 1. The smallest absolute Gasteiger partial charge is 0.224 e. The Morgan fingerprint density at radius 2 is 1.75 bits per heavy atom. The lowest BCUT2D eigenvalue weighted by atomic mass is 9.87. The Hall–Kier alpha value is -2.37. The quantitative estimate of drug-likeness (QED) is 0.654. The van der Waals surface area contributed by atoms with Crippen LogP contribution >= 0.6 is 0 Å². The van der Waals surface area contributed by atoms with E-state index in [1.807, 2.05) is 24.3 Å². The highest BCUT2D eigenvalue weighted by atomic mass is 16.5. The lowest BCUT2D eigenvalue weighted by Gasteiger charge is -2.38. The molecule has 1 N–H and O–H groups in total. The first-order chi connectivity index (χ1) is 15.7. The molecule has 2 fully saturated rings. The number of amides is 1. The van der Waals surface area contributed by atoms with Crippen molar-refractivity contribution in [3.8, 4) is 5.75 Å². The van der Waals surface area contributed by atoms with Crippen LogP contribution in [0.2, 0.25) is 0 Å². The minimum absolute atomic E-state index is 0.0434. The van der Waals surface area contributed by atoms with Gasteiger partial charge in [0.2, 0.25) is 5.91 Å². The fourth-order valence-corrected chi connectivity index (χ4v) is 5.25. The molecule has 2 aliphatic rings. The van der Waals surface area contributed by atoms with Gasteiger partial charge < -0.3 is 19.9 Å². The minimum atomic E-state index is 0.0434. The number of methoxy groups -OCH3 is 1. The zero-order valence-electron chi connectivity index (χ0n) is 19.3. The standard InChI is InChI=1S/C27H37N3O2/c1-32-26-12-6-5-11-24(26)18-28-27(31)25-17-23(19-29-14-7-8-15-29)20-30(21-25)16-13-22-9-3-2-4-10-22/h2-6,9-12,23,25H,7-8,13-21H2,1H3,(H,28,31)/t23-,25-/m1/s1. The monoisotopic (exact) mass is 435 g/mol. The van der Waals surface area contributed by atoms with Gasteiger partial charge in [0.25, 0.3) is 0 Å². The largest absolute Gasteiger partial charge is 0.496 e. The zero-order valence-corrected chi connectivity index (χ0v) is 19.3. The van der Waals surface area contributed by atoms with Crippen LogP contribution in [-0.2, 0) is 17.8 Å². The van der Waals surface area contributed by atoms with Crippen LogP contribution in [0.3, 0.4) is 0 Å². The van der Waals surface area contributed by atoms with Crippen molar-refractivity contribution in [1.82, 2.24) is 15.1 Å². The van der Waals surface area contributed by atoms with Crippen LogP contribution in [0.25, 0.3) is 0 Å². The summed E-state index contributed by atoms with van der Waals surface area (Å²) in [5.41, 5.74) is 2.39. The summed E-state index contributed by atoms with van der Waals surface area (Å²) in [4.78, 5) is 18.3. The van der Waals surface area contributed by atoms with E-state index in [4.69, 9.17) is 4.74 Å². The van der Waals surface area contributed by atoms with Gasteiger partial charge in [-0.3, -0.25) is 4.79 Å². The van der Waals surface area contributed by atoms with Crippen LogP contribution < -0.4 is 10.1 Å². The van der Waals surface area contributed by atoms with E-state index in [2.05, 4.69) is 45.4 Å². The highest BCUT2D eigenvalue weighted by Crippen LogP contribution is 2.25. The Balaban J connectivity index is 1.37. The SMILES string of the molecule is COc1ccccc1CNC(=O)[C@@H]1C[C@H](CN2CCCC2)CN(CCc2ccccc2)C1. The molecule has 2 aromatic rings. The second kappa shape index (κ2) is 11.5. The molecule has 32 heavy (non-hydrogen) atoms. The first-order valence-corrected chi connectivity index (χ1v) is 12.1. The summed E-state index contributed by atoms with van der Waals surface area (Å²) in [5.74, 6) is 1.60. The van der Waals surface area contributed by atoms with Gasteiger partial charge in [-0.25, -0.2) is 0 Å². The molecule has 0 aromatic heterocycles. The number of hydrogen-bond acceptors (Lipinski definition) is 4. The number of carbonyl (C=O) groups excluding carboxylic acids is 1. The highest BCUT2D eigenvalue weighted by Gasteiger charge is 2.32. The van der Waals surface area contributed by atoms with E-state index in [1.54, 1.807) is 7.11 Å². The predicted molar refractivity (Wildman–Crippen MR) is 129 cm³/mol. The Labute approximate surface area is 192 Å². The molecule has 5 nitrogen and oxygen atoms in total. The molecule has 0 spiro atoms. The molecule has 0 aliphatic carbocycles.